The van der Waals surface area contributed by atoms with E-state index < -0.39 is 0 Å². The Morgan fingerprint density at radius 3 is 2.85 bits per heavy atom. The second-order valence-electron chi connectivity index (χ2n) is 5.73. The van der Waals surface area contributed by atoms with Crippen LogP contribution in [0.5, 0.6) is 0 Å². The number of fused-ring (bicyclic) bond motifs is 1. The second-order valence-corrected chi connectivity index (χ2v) is 6.90. The molecule has 0 aromatic carbocycles. The Hall–Kier alpha value is -1.19. The highest BCUT2D eigenvalue weighted by Crippen LogP contribution is 2.36. The van der Waals surface area contributed by atoms with E-state index in [9.17, 15) is 0 Å². The molecule has 2 heterocycles. The first kappa shape index (κ1) is 13.8. The third-order valence-electron chi connectivity index (χ3n) is 4.29. The van der Waals surface area contributed by atoms with Crippen LogP contribution in [-0.4, -0.2) is 4.98 Å². The van der Waals surface area contributed by atoms with Gasteiger partial charge in [-0.05, 0) is 49.4 Å². The van der Waals surface area contributed by atoms with E-state index in [0.717, 1.165) is 5.69 Å². The number of rotatable bonds is 3. The van der Waals surface area contributed by atoms with Gasteiger partial charge in [0, 0.05) is 33.6 Å². The summed E-state index contributed by atoms with van der Waals surface area (Å²) in [6, 6.07) is 8.48. The van der Waals surface area contributed by atoms with Crippen LogP contribution in [0.15, 0.2) is 30.5 Å². The van der Waals surface area contributed by atoms with E-state index >= 15 is 0 Å². The molecule has 20 heavy (non-hydrogen) atoms. The lowest BCUT2D eigenvalue weighted by atomic mass is 9.96. The van der Waals surface area contributed by atoms with E-state index in [1.807, 2.05) is 29.7 Å². The Morgan fingerprint density at radius 1 is 1.20 bits per heavy atom. The van der Waals surface area contributed by atoms with Crippen molar-refractivity contribution in [2.24, 2.45) is 5.73 Å². The van der Waals surface area contributed by atoms with Gasteiger partial charge in [-0.1, -0.05) is 19.4 Å². The zero-order chi connectivity index (χ0) is 13.9. The van der Waals surface area contributed by atoms with Gasteiger partial charge in [0.25, 0.3) is 0 Å². The molecule has 0 saturated heterocycles. The quantitative estimate of drug-likeness (QED) is 0.858. The molecule has 2 aromatic heterocycles. The van der Waals surface area contributed by atoms with Crippen LogP contribution in [0.4, 0.5) is 0 Å². The first-order valence-corrected chi connectivity index (χ1v) is 8.35. The molecule has 0 fully saturated rings. The van der Waals surface area contributed by atoms with Gasteiger partial charge >= 0.3 is 0 Å². The van der Waals surface area contributed by atoms with Crippen molar-refractivity contribution >= 4 is 11.3 Å². The van der Waals surface area contributed by atoms with Gasteiger partial charge in [-0.25, -0.2) is 0 Å². The molecule has 2 nitrogen and oxygen atoms in total. The smallest absolute Gasteiger partial charge is 0.0472 e. The van der Waals surface area contributed by atoms with E-state index in [1.165, 1.54) is 37.0 Å². The summed E-state index contributed by atoms with van der Waals surface area (Å²) >= 11 is 1.93. The maximum atomic E-state index is 6.49. The molecule has 1 aliphatic carbocycles. The van der Waals surface area contributed by atoms with Gasteiger partial charge in [0.1, 0.15) is 0 Å². The van der Waals surface area contributed by atoms with Crippen molar-refractivity contribution in [3.63, 3.8) is 0 Å². The van der Waals surface area contributed by atoms with Crippen molar-refractivity contribution in [1.29, 1.82) is 0 Å². The Bertz CT molecular complexity index is 538. The number of thiophene rings is 1. The standard InChI is InChI=1S/C17H22N2S/c1-12(14-8-5-6-10-19-14)17(18)16-11-13-7-3-2-4-9-15(13)20-16/h5-6,8,10-12,17H,2-4,7,9,18H2,1H3. The first-order chi connectivity index (χ1) is 9.75. The minimum Gasteiger partial charge on any atom is -0.323 e. The zero-order valence-electron chi connectivity index (χ0n) is 12.0. The summed E-state index contributed by atoms with van der Waals surface area (Å²) in [4.78, 5) is 7.35. The van der Waals surface area contributed by atoms with Gasteiger partial charge < -0.3 is 5.73 Å². The summed E-state index contributed by atoms with van der Waals surface area (Å²) in [6.45, 7) is 2.18. The predicted octanol–water partition coefficient (Wildman–Crippen LogP) is 4.22. The third-order valence-corrected chi connectivity index (χ3v) is 5.63. The average Bonchev–Trinajstić information content (AvgIpc) is 2.77. The van der Waals surface area contributed by atoms with E-state index in [1.54, 1.807) is 10.4 Å². The SMILES string of the molecule is CC(c1ccccn1)C(N)c1cc2c(s1)CCCCC2. The first-order valence-electron chi connectivity index (χ1n) is 7.53. The van der Waals surface area contributed by atoms with Crippen LogP contribution in [0.3, 0.4) is 0 Å². The summed E-state index contributed by atoms with van der Waals surface area (Å²) in [5, 5.41) is 0. The number of nitrogens with zero attached hydrogens (tertiary/aromatic N) is 1. The largest absolute Gasteiger partial charge is 0.323 e. The topological polar surface area (TPSA) is 38.9 Å². The van der Waals surface area contributed by atoms with Crippen LogP contribution in [0.1, 0.15) is 59.2 Å². The molecule has 0 amide bonds. The molecule has 2 atom stereocenters. The monoisotopic (exact) mass is 286 g/mol. The molecule has 2 aromatic rings. The Labute approximate surface area is 125 Å². The molecular formula is C17H22N2S. The van der Waals surface area contributed by atoms with Crippen LogP contribution in [0, 0.1) is 0 Å². The van der Waals surface area contributed by atoms with E-state index in [2.05, 4.69) is 24.0 Å². The van der Waals surface area contributed by atoms with Crippen molar-refractivity contribution in [2.75, 3.05) is 0 Å². The Morgan fingerprint density at radius 2 is 2.05 bits per heavy atom. The van der Waals surface area contributed by atoms with Crippen molar-refractivity contribution in [3.05, 3.63) is 51.5 Å². The van der Waals surface area contributed by atoms with Gasteiger partial charge in [0.15, 0.2) is 0 Å². The summed E-state index contributed by atoms with van der Waals surface area (Å²) in [5.41, 5.74) is 9.13. The highest BCUT2D eigenvalue weighted by atomic mass is 32.1. The normalized spacial score (nSPS) is 18.1. The third kappa shape index (κ3) is 2.79. The van der Waals surface area contributed by atoms with Gasteiger partial charge in [0.2, 0.25) is 0 Å². The molecule has 2 N–H and O–H groups in total. The fourth-order valence-electron chi connectivity index (χ4n) is 2.93. The number of nitrogens with two attached hydrogens (primary N) is 1. The van der Waals surface area contributed by atoms with Crippen LogP contribution in [-0.2, 0) is 12.8 Å². The van der Waals surface area contributed by atoms with Crippen LogP contribution in [0.2, 0.25) is 0 Å². The molecule has 0 spiro atoms. The summed E-state index contributed by atoms with van der Waals surface area (Å²) in [6.07, 6.45) is 8.35. The molecule has 0 saturated carbocycles. The van der Waals surface area contributed by atoms with Crippen molar-refractivity contribution in [3.8, 4) is 0 Å². The van der Waals surface area contributed by atoms with Gasteiger partial charge in [-0.15, -0.1) is 11.3 Å². The lowest BCUT2D eigenvalue weighted by Crippen LogP contribution is -2.17. The summed E-state index contributed by atoms with van der Waals surface area (Å²) in [5.74, 6) is 0.262. The molecule has 0 aliphatic heterocycles. The maximum absolute atomic E-state index is 6.49. The molecule has 2 unspecified atom stereocenters. The minimum atomic E-state index is 0.0572. The highest BCUT2D eigenvalue weighted by molar-refractivity contribution is 7.12. The number of hydrogen-bond acceptors (Lipinski definition) is 3. The van der Waals surface area contributed by atoms with Crippen LogP contribution < -0.4 is 5.73 Å². The van der Waals surface area contributed by atoms with Gasteiger partial charge in [-0.2, -0.15) is 0 Å². The molecule has 1 aliphatic rings. The Balaban J connectivity index is 1.82. The second kappa shape index (κ2) is 6.06. The van der Waals surface area contributed by atoms with E-state index in [4.69, 9.17) is 5.73 Å². The minimum absolute atomic E-state index is 0.0572. The number of pyridine rings is 1. The molecule has 106 valence electrons. The Kier molecular flexibility index (Phi) is 4.18. The average molecular weight is 286 g/mol. The summed E-state index contributed by atoms with van der Waals surface area (Å²) < 4.78 is 0. The molecule has 3 heteroatoms. The maximum Gasteiger partial charge on any atom is 0.0472 e. The highest BCUT2D eigenvalue weighted by Gasteiger charge is 2.22. The van der Waals surface area contributed by atoms with Crippen LogP contribution in [0.25, 0.3) is 0 Å². The zero-order valence-corrected chi connectivity index (χ0v) is 12.8. The fourth-order valence-corrected chi connectivity index (χ4v) is 4.29. The van der Waals surface area contributed by atoms with Crippen molar-refractivity contribution in [2.45, 2.75) is 51.0 Å². The van der Waals surface area contributed by atoms with E-state index in [0.29, 0.717) is 0 Å². The number of aryl methyl sites for hydroxylation is 2. The number of aromatic nitrogens is 1. The van der Waals surface area contributed by atoms with Crippen LogP contribution >= 0.6 is 11.3 Å². The lowest BCUT2D eigenvalue weighted by Gasteiger charge is -2.18. The van der Waals surface area contributed by atoms with Crippen molar-refractivity contribution < 1.29 is 0 Å². The lowest BCUT2D eigenvalue weighted by molar-refractivity contribution is 0.592. The molecular weight excluding hydrogens is 264 g/mol. The van der Waals surface area contributed by atoms with Crippen molar-refractivity contribution in [1.82, 2.24) is 4.98 Å². The molecule has 0 radical (unpaired) electrons. The fraction of sp³-hybridized carbons (Fsp3) is 0.471. The molecule has 0 bridgehead atoms. The predicted molar refractivity (Wildman–Crippen MR) is 85.2 cm³/mol. The van der Waals surface area contributed by atoms with Gasteiger partial charge in [-0.3, -0.25) is 4.98 Å². The molecule has 3 rings (SSSR count). The van der Waals surface area contributed by atoms with Gasteiger partial charge in [0.05, 0.1) is 0 Å². The van der Waals surface area contributed by atoms with E-state index in [-0.39, 0.29) is 12.0 Å². The summed E-state index contributed by atoms with van der Waals surface area (Å²) in [7, 11) is 0. The number of hydrogen-bond donors (Lipinski definition) is 1.